The molecule has 3 aromatic carbocycles. The SMILES string of the molecule is C=C(CO)C(=O)OCOc1ccc(-c2ccc(-c3ccc(OCOC(=O)C(=C)CO)c(CC)c3)cc2CCCCCCC(F)(F)F)cc1. The molecule has 0 atom stereocenters. The Kier molecular flexibility index (Phi) is 14.7. The molecule has 0 heterocycles. The first-order valence-electron chi connectivity index (χ1n) is 15.6. The molecule has 3 aromatic rings. The zero-order chi connectivity index (χ0) is 35.1. The number of esters is 2. The van der Waals surface area contributed by atoms with Crippen molar-refractivity contribution in [3.63, 3.8) is 0 Å². The number of alkyl halides is 3. The fraction of sp³-hybridized carbons (Fsp3) is 0.351. The molecule has 3 rings (SSSR count). The molecule has 0 unspecified atom stereocenters. The standard InChI is InChI=1S/C37H41F3O8/c1-4-27-19-30(13-17-34(27)46-24-48-36(44)26(3)22-42)29-12-16-33(31(20-29)9-7-5-6-8-18-37(38,39)40)28-10-14-32(15-11-28)45-23-47-35(43)25(2)21-41/h10-17,19-20,41-42H,2-9,18,21-24H2,1H3. The number of halogens is 3. The molecule has 8 nitrogen and oxygen atoms in total. The lowest BCUT2D eigenvalue weighted by Gasteiger charge is -2.16. The number of carbonyl (C=O) groups excluding carboxylic acids is 2. The number of aryl methyl sites for hydroxylation is 2. The van der Waals surface area contributed by atoms with Gasteiger partial charge in [0, 0.05) is 6.42 Å². The molecule has 2 N–H and O–H groups in total. The zero-order valence-electron chi connectivity index (χ0n) is 26.9. The van der Waals surface area contributed by atoms with Gasteiger partial charge in [-0.3, -0.25) is 0 Å². The summed E-state index contributed by atoms with van der Waals surface area (Å²) >= 11 is 0. The van der Waals surface area contributed by atoms with Crippen molar-refractivity contribution in [2.75, 3.05) is 26.8 Å². The maximum absolute atomic E-state index is 12.6. The van der Waals surface area contributed by atoms with E-state index in [0.717, 1.165) is 33.4 Å². The first kappa shape index (κ1) is 37.8. The van der Waals surface area contributed by atoms with Crippen molar-refractivity contribution < 1.29 is 51.9 Å². The van der Waals surface area contributed by atoms with Crippen LogP contribution in [0.15, 0.2) is 85.0 Å². The summed E-state index contributed by atoms with van der Waals surface area (Å²) in [4.78, 5) is 23.4. The van der Waals surface area contributed by atoms with Gasteiger partial charge in [0.2, 0.25) is 13.6 Å². The maximum atomic E-state index is 12.6. The van der Waals surface area contributed by atoms with Crippen molar-refractivity contribution in [1.82, 2.24) is 0 Å². The number of hydrogen-bond donors (Lipinski definition) is 2. The molecule has 0 spiro atoms. The summed E-state index contributed by atoms with van der Waals surface area (Å²) in [6.45, 7) is 7.11. The Morgan fingerprint density at radius 2 is 1.25 bits per heavy atom. The van der Waals surface area contributed by atoms with Crippen molar-refractivity contribution in [2.24, 2.45) is 0 Å². The van der Waals surface area contributed by atoms with Crippen LogP contribution in [0.25, 0.3) is 22.3 Å². The third-order valence-electron chi connectivity index (χ3n) is 7.48. The fourth-order valence-electron chi connectivity index (χ4n) is 4.79. The fourth-order valence-corrected chi connectivity index (χ4v) is 4.79. The summed E-state index contributed by atoms with van der Waals surface area (Å²) in [6, 6.07) is 19.0. The second-order valence-electron chi connectivity index (χ2n) is 11.0. The summed E-state index contributed by atoms with van der Waals surface area (Å²) in [6.07, 6.45) is -1.66. The molecule has 0 bridgehead atoms. The summed E-state index contributed by atoms with van der Waals surface area (Å²) in [5.41, 5.74) is 5.53. The van der Waals surface area contributed by atoms with Gasteiger partial charge in [-0.25, -0.2) is 9.59 Å². The van der Waals surface area contributed by atoms with Crippen molar-refractivity contribution in [1.29, 1.82) is 0 Å². The van der Waals surface area contributed by atoms with Crippen molar-refractivity contribution >= 4 is 11.9 Å². The highest BCUT2D eigenvalue weighted by molar-refractivity contribution is 5.88. The predicted octanol–water partition coefficient (Wildman–Crippen LogP) is 7.49. The van der Waals surface area contributed by atoms with E-state index in [2.05, 4.69) is 19.2 Å². The molecule has 48 heavy (non-hydrogen) atoms. The third kappa shape index (κ3) is 11.9. The second-order valence-corrected chi connectivity index (χ2v) is 11.0. The number of aliphatic hydroxyl groups excluding tert-OH is 2. The maximum Gasteiger partial charge on any atom is 0.389 e. The molecule has 0 aliphatic carbocycles. The number of ether oxygens (including phenoxy) is 4. The van der Waals surface area contributed by atoms with Crippen molar-refractivity contribution in [3.8, 4) is 33.8 Å². The van der Waals surface area contributed by atoms with E-state index in [1.807, 2.05) is 43.3 Å². The van der Waals surface area contributed by atoms with E-state index in [-0.39, 0.29) is 31.2 Å². The number of benzene rings is 3. The quantitative estimate of drug-likeness (QED) is 0.0584. The summed E-state index contributed by atoms with van der Waals surface area (Å²) in [5, 5.41) is 18.0. The minimum atomic E-state index is -4.15. The highest BCUT2D eigenvalue weighted by atomic mass is 19.4. The molecular formula is C37H41F3O8. The Bertz CT molecular complexity index is 1550. The van der Waals surface area contributed by atoms with Crippen LogP contribution in [0.3, 0.4) is 0 Å². The van der Waals surface area contributed by atoms with Gasteiger partial charge in [-0.15, -0.1) is 0 Å². The lowest BCUT2D eigenvalue weighted by atomic mass is 9.91. The first-order valence-corrected chi connectivity index (χ1v) is 15.6. The normalized spacial score (nSPS) is 11.1. The van der Waals surface area contributed by atoms with Crippen LogP contribution < -0.4 is 9.47 Å². The minimum Gasteiger partial charge on any atom is -0.457 e. The number of hydrogen-bond acceptors (Lipinski definition) is 8. The van der Waals surface area contributed by atoms with E-state index in [4.69, 9.17) is 29.2 Å². The zero-order valence-corrected chi connectivity index (χ0v) is 26.9. The first-order chi connectivity index (χ1) is 22.9. The van der Waals surface area contributed by atoms with Crippen LogP contribution >= 0.6 is 0 Å². The lowest BCUT2D eigenvalue weighted by molar-refractivity contribution is -0.146. The van der Waals surface area contributed by atoms with E-state index in [1.165, 1.54) is 0 Å². The van der Waals surface area contributed by atoms with Gasteiger partial charge in [0.25, 0.3) is 0 Å². The Balaban J connectivity index is 1.79. The third-order valence-corrected chi connectivity index (χ3v) is 7.48. The number of unbranched alkanes of at least 4 members (excludes halogenated alkanes) is 3. The van der Waals surface area contributed by atoms with Crippen molar-refractivity contribution in [2.45, 2.75) is 58.0 Å². The number of rotatable bonds is 19. The largest absolute Gasteiger partial charge is 0.457 e. The molecule has 0 saturated carbocycles. The molecule has 11 heteroatoms. The molecule has 0 saturated heterocycles. The molecule has 0 amide bonds. The van der Waals surface area contributed by atoms with E-state index in [0.29, 0.717) is 43.6 Å². The summed E-state index contributed by atoms with van der Waals surface area (Å²) in [7, 11) is 0. The van der Waals surface area contributed by atoms with Crippen LogP contribution in [0.5, 0.6) is 11.5 Å². The molecule has 258 valence electrons. The van der Waals surface area contributed by atoms with Crippen LogP contribution in [0.2, 0.25) is 0 Å². The van der Waals surface area contributed by atoms with Gasteiger partial charge in [0.15, 0.2) is 0 Å². The Morgan fingerprint density at radius 3 is 1.83 bits per heavy atom. The molecule has 0 aliphatic rings. The highest BCUT2D eigenvalue weighted by Crippen LogP contribution is 2.34. The lowest BCUT2D eigenvalue weighted by Crippen LogP contribution is -2.14. The molecule has 0 aromatic heterocycles. The number of carbonyl (C=O) groups is 2. The van der Waals surface area contributed by atoms with Gasteiger partial charge < -0.3 is 29.2 Å². The Morgan fingerprint density at radius 1 is 0.708 bits per heavy atom. The van der Waals surface area contributed by atoms with Crippen LogP contribution in [0, 0.1) is 0 Å². The smallest absolute Gasteiger partial charge is 0.389 e. The predicted molar refractivity (Wildman–Crippen MR) is 175 cm³/mol. The average molecular weight is 671 g/mol. The summed E-state index contributed by atoms with van der Waals surface area (Å²) in [5.74, 6) is -0.480. The van der Waals surface area contributed by atoms with Gasteiger partial charge in [0.05, 0.1) is 24.4 Å². The van der Waals surface area contributed by atoms with Crippen LogP contribution in [-0.2, 0) is 31.9 Å². The Hall–Kier alpha value is -4.61. The number of aliphatic hydroxyl groups is 2. The van der Waals surface area contributed by atoms with Crippen molar-refractivity contribution in [3.05, 3.63) is 96.1 Å². The van der Waals surface area contributed by atoms with Crippen LogP contribution in [0.4, 0.5) is 13.2 Å². The van der Waals surface area contributed by atoms with Gasteiger partial charge in [-0.1, -0.05) is 69.3 Å². The van der Waals surface area contributed by atoms with E-state index in [1.54, 1.807) is 18.2 Å². The summed E-state index contributed by atoms with van der Waals surface area (Å²) < 4.78 is 58.8. The Labute approximate surface area is 278 Å². The van der Waals surface area contributed by atoms with Gasteiger partial charge in [0.1, 0.15) is 11.5 Å². The molecule has 0 radical (unpaired) electrons. The van der Waals surface area contributed by atoms with Gasteiger partial charge in [-0.2, -0.15) is 13.2 Å². The second kappa shape index (κ2) is 18.7. The highest BCUT2D eigenvalue weighted by Gasteiger charge is 2.25. The van der Waals surface area contributed by atoms with Crippen LogP contribution in [0.1, 0.15) is 50.2 Å². The van der Waals surface area contributed by atoms with E-state index >= 15 is 0 Å². The minimum absolute atomic E-state index is 0.0704. The van der Waals surface area contributed by atoms with Gasteiger partial charge >= 0.3 is 18.1 Å². The average Bonchev–Trinajstić information content (AvgIpc) is 3.08. The molecule has 0 aliphatic heterocycles. The molecular weight excluding hydrogens is 629 g/mol. The molecule has 0 fully saturated rings. The topological polar surface area (TPSA) is 112 Å². The van der Waals surface area contributed by atoms with E-state index < -0.39 is 37.7 Å². The van der Waals surface area contributed by atoms with Crippen LogP contribution in [-0.4, -0.2) is 55.1 Å². The van der Waals surface area contributed by atoms with Gasteiger partial charge in [-0.05, 0) is 83.3 Å². The monoisotopic (exact) mass is 670 g/mol. The van der Waals surface area contributed by atoms with E-state index in [9.17, 15) is 22.8 Å².